The molecule has 23 heavy (non-hydrogen) atoms. The first kappa shape index (κ1) is 20.0. The lowest BCUT2D eigenvalue weighted by atomic mass is 10.2. The van der Waals surface area contributed by atoms with Gasteiger partial charge in [-0.2, -0.15) is 13.2 Å². The molecule has 0 heterocycles. The van der Waals surface area contributed by atoms with Gasteiger partial charge in [0, 0.05) is 0 Å². The van der Waals surface area contributed by atoms with E-state index in [9.17, 15) is 43.5 Å². The van der Waals surface area contributed by atoms with Crippen molar-refractivity contribution in [3.05, 3.63) is 42.5 Å². The third-order valence-electron chi connectivity index (χ3n) is 1.88. The number of carbonyl (C=O) groups excluding carboxylic acids is 1. The van der Waals surface area contributed by atoms with Gasteiger partial charge in [0.05, 0.1) is 26.9 Å². The molecule has 0 unspecified atom stereocenters. The Morgan fingerprint density at radius 3 is 1.48 bits per heavy atom. The first-order valence-corrected chi connectivity index (χ1v) is 5.23. The van der Waals surface area contributed by atoms with E-state index in [1.54, 1.807) is 0 Å². The van der Waals surface area contributed by atoms with Gasteiger partial charge in [-0.1, -0.05) is 0 Å². The summed E-state index contributed by atoms with van der Waals surface area (Å²) in [7, 11) is 0. The number of halogens is 4. The first-order chi connectivity index (χ1) is 10.3. The molecule has 1 rings (SSSR count). The van der Waals surface area contributed by atoms with Crippen molar-refractivity contribution in [3.63, 3.8) is 0 Å². The third-order valence-corrected chi connectivity index (χ3v) is 2.10. The molecule has 0 saturated carbocycles. The summed E-state index contributed by atoms with van der Waals surface area (Å²) in [4.78, 5) is 36.9. The Balaban J connectivity index is 0.000000585. The molecular weight excluding hydrogens is 359 g/mol. The maximum absolute atomic E-state index is 10.7. The second-order valence-corrected chi connectivity index (χ2v) is 3.72. The molecule has 1 N–H and O–H groups in total. The highest BCUT2D eigenvalue weighted by Crippen LogP contribution is 2.38. The second kappa shape index (κ2) is 7.30. The van der Waals surface area contributed by atoms with E-state index >= 15 is 0 Å². The van der Waals surface area contributed by atoms with Gasteiger partial charge in [-0.3, -0.25) is 35.1 Å². The van der Waals surface area contributed by atoms with Crippen LogP contribution in [0, 0.1) is 30.3 Å². The molecule has 0 atom stereocenters. The van der Waals surface area contributed by atoms with Gasteiger partial charge < -0.3 is 5.11 Å². The minimum absolute atomic E-state index is 0.447. The highest BCUT2D eigenvalue weighted by molar-refractivity contribution is 6.64. The normalized spacial score (nSPS) is 10.3. The van der Waals surface area contributed by atoms with Gasteiger partial charge >= 0.3 is 22.8 Å². The third kappa shape index (κ3) is 5.70. The van der Waals surface area contributed by atoms with Crippen LogP contribution in [0.4, 0.5) is 30.2 Å². The zero-order valence-corrected chi connectivity index (χ0v) is 11.1. The number of phenolic OH excluding ortho intramolecular Hbond substituents is 1. The summed E-state index contributed by atoms with van der Waals surface area (Å²) in [6, 6.07) is 0.894. The molecule has 1 aromatic rings. The van der Waals surface area contributed by atoms with Gasteiger partial charge in [0.25, 0.3) is 11.4 Å². The Bertz CT molecular complexity index is 642. The van der Waals surface area contributed by atoms with Crippen molar-refractivity contribution in [3.8, 4) is 5.75 Å². The van der Waals surface area contributed by atoms with Crippen LogP contribution in [0.25, 0.3) is 0 Å². The van der Waals surface area contributed by atoms with Crippen LogP contribution in [0.2, 0.25) is 0 Å². The zero-order chi connectivity index (χ0) is 18.5. The van der Waals surface area contributed by atoms with E-state index in [4.69, 9.17) is 9.90 Å². The molecule has 0 aliphatic carbocycles. The maximum atomic E-state index is 10.7. The fraction of sp³-hybridized carbons (Fsp3) is 0.125. The highest BCUT2D eigenvalue weighted by atomic mass is 35.5. The molecule has 0 spiro atoms. The number of phenols is 1. The molecule has 15 heteroatoms. The topological polar surface area (TPSA) is 167 Å². The number of carbonyl (C=O) groups is 1. The van der Waals surface area contributed by atoms with Gasteiger partial charge in [-0.25, -0.2) is 0 Å². The lowest BCUT2D eigenvalue weighted by molar-refractivity contribution is -0.404. The van der Waals surface area contributed by atoms with E-state index in [-0.39, 0.29) is 0 Å². The molecule has 11 nitrogen and oxygen atoms in total. The Morgan fingerprint density at radius 2 is 1.30 bits per heavy atom. The van der Waals surface area contributed by atoms with Crippen LogP contribution in [0.3, 0.4) is 0 Å². The number of alkyl halides is 3. The van der Waals surface area contributed by atoms with Crippen molar-refractivity contribution in [2.45, 2.75) is 6.18 Å². The van der Waals surface area contributed by atoms with Crippen molar-refractivity contribution in [2.24, 2.45) is 0 Å². The van der Waals surface area contributed by atoms with Crippen LogP contribution in [0.1, 0.15) is 0 Å². The molecule has 0 bridgehead atoms. The predicted molar refractivity (Wildman–Crippen MR) is 65.0 cm³/mol. The number of rotatable bonds is 3. The molecule has 0 aliphatic rings. The Morgan fingerprint density at radius 1 is 1.00 bits per heavy atom. The van der Waals surface area contributed by atoms with Crippen LogP contribution in [-0.4, -0.2) is 31.3 Å². The Hall–Kier alpha value is -3.03. The molecule has 0 saturated heterocycles. The summed E-state index contributed by atoms with van der Waals surface area (Å²) < 4.78 is 32.1. The van der Waals surface area contributed by atoms with E-state index in [1.165, 1.54) is 0 Å². The predicted octanol–water partition coefficient (Wildman–Crippen LogP) is 2.43. The fourth-order valence-corrected chi connectivity index (χ4v) is 0.974. The molecule has 0 aromatic heterocycles. The summed E-state index contributed by atoms with van der Waals surface area (Å²) in [5.74, 6) is -1.21. The van der Waals surface area contributed by atoms with Crippen molar-refractivity contribution in [2.75, 3.05) is 0 Å². The lowest BCUT2D eigenvalue weighted by Crippen LogP contribution is -2.15. The van der Waals surface area contributed by atoms with Crippen LogP contribution in [0.15, 0.2) is 12.1 Å². The number of aromatic hydroxyl groups is 1. The van der Waals surface area contributed by atoms with Gasteiger partial charge in [-0.05, 0) is 11.6 Å². The number of benzene rings is 1. The van der Waals surface area contributed by atoms with Gasteiger partial charge in [0.15, 0.2) is 0 Å². The summed E-state index contributed by atoms with van der Waals surface area (Å²) >= 11 is 3.99. The van der Waals surface area contributed by atoms with Crippen LogP contribution >= 0.6 is 11.6 Å². The average molecular weight is 362 g/mol. The van der Waals surface area contributed by atoms with Gasteiger partial charge in [0.1, 0.15) is 0 Å². The zero-order valence-electron chi connectivity index (χ0n) is 10.3. The van der Waals surface area contributed by atoms with E-state index in [1.807, 2.05) is 0 Å². The van der Waals surface area contributed by atoms with E-state index < -0.39 is 49.0 Å². The maximum Gasteiger partial charge on any atom is 0.466 e. The molecule has 0 aliphatic heterocycles. The largest absolute Gasteiger partial charge is 0.497 e. The SMILES string of the molecule is O=C(Cl)C(F)(F)F.O=[N+]([O-])c1cc([N+](=O)[O-])c(O)c([N+](=O)[O-])c1. The van der Waals surface area contributed by atoms with E-state index in [0.29, 0.717) is 12.1 Å². The van der Waals surface area contributed by atoms with Crippen LogP contribution < -0.4 is 0 Å². The standard InChI is InChI=1S/C6H3N3O7.C2ClF3O/c10-6-4(8(13)14)1-3(7(11)12)2-5(6)9(15)16;3-1(7)2(4,5)6/h1-2,10H;. The highest BCUT2D eigenvalue weighted by Gasteiger charge is 2.36. The summed E-state index contributed by atoms with van der Waals surface area (Å²) in [6.07, 6.45) is -4.87. The molecule has 0 amide bonds. The van der Waals surface area contributed by atoms with Gasteiger partial charge in [-0.15, -0.1) is 0 Å². The molecular formula is C8H3ClF3N3O8. The molecule has 0 fully saturated rings. The monoisotopic (exact) mass is 361 g/mol. The number of nitrogens with zero attached hydrogens (tertiary/aromatic N) is 3. The van der Waals surface area contributed by atoms with Crippen molar-refractivity contribution < 1.29 is 37.8 Å². The summed E-state index contributed by atoms with van der Waals surface area (Å²) in [5, 5.41) is 37.9. The smallest absolute Gasteiger partial charge is 0.466 e. The molecule has 1 aromatic carbocycles. The average Bonchev–Trinajstić information content (AvgIpc) is 2.37. The molecule has 0 radical (unpaired) electrons. The second-order valence-electron chi connectivity index (χ2n) is 3.38. The van der Waals surface area contributed by atoms with Gasteiger partial charge in [0.2, 0.25) is 0 Å². The Kier molecular flexibility index (Phi) is 6.34. The number of nitro groups is 3. The minimum Gasteiger partial charge on any atom is -0.497 e. The number of hydrogen-bond donors (Lipinski definition) is 1. The number of nitro benzene ring substituents is 3. The lowest BCUT2D eigenvalue weighted by Gasteiger charge is -1.97. The van der Waals surface area contributed by atoms with Crippen LogP contribution in [0.5, 0.6) is 5.75 Å². The summed E-state index contributed by atoms with van der Waals surface area (Å²) in [6.45, 7) is 0. The Labute approximate surface area is 127 Å². The first-order valence-electron chi connectivity index (χ1n) is 4.85. The van der Waals surface area contributed by atoms with Crippen LogP contribution in [-0.2, 0) is 4.79 Å². The number of hydrogen-bond acceptors (Lipinski definition) is 8. The summed E-state index contributed by atoms with van der Waals surface area (Å²) in [5.41, 5.74) is -3.00. The van der Waals surface area contributed by atoms with Crippen molar-refractivity contribution in [1.82, 2.24) is 0 Å². The van der Waals surface area contributed by atoms with E-state index in [2.05, 4.69) is 11.6 Å². The van der Waals surface area contributed by atoms with E-state index in [0.717, 1.165) is 0 Å². The molecule has 126 valence electrons. The quantitative estimate of drug-likeness (QED) is 0.486. The fourth-order valence-electron chi connectivity index (χ4n) is 0.974. The van der Waals surface area contributed by atoms with Crippen molar-refractivity contribution >= 4 is 33.9 Å². The van der Waals surface area contributed by atoms with Crippen molar-refractivity contribution in [1.29, 1.82) is 0 Å². The number of non-ortho nitro benzene ring substituents is 1. The minimum atomic E-state index is -4.87.